The van der Waals surface area contributed by atoms with Crippen LogP contribution in [0, 0.1) is 25.7 Å². The third-order valence-electron chi connectivity index (χ3n) is 5.59. The zero-order valence-electron chi connectivity index (χ0n) is 14.2. The van der Waals surface area contributed by atoms with Crippen LogP contribution in [0.25, 0.3) is 0 Å². The molecule has 0 bridgehead atoms. The zero-order chi connectivity index (χ0) is 15.4. The van der Waals surface area contributed by atoms with Crippen molar-refractivity contribution in [1.82, 2.24) is 0 Å². The van der Waals surface area contributed by atoms with Crippen LogP contribution >= 0.6 is 0 Å². The first-order valence-electron chi connectivity index (χ1n) is 9.10. The molecule has 2 fully saturated rings. The van der Waals surface area contributed by atoms with Gasteiger partial charge in [0, 0.05) is 0 Å². The number of hydrogen-bond donors (Lipinski definition) is 0. The third kappa shape index (κ3) is 3.77. The van der Waals surface area contributed by atoms with E-state index in [1.165, 1.54) is 62.5 Å². The lowest BCUT2D eigenvalue weighted by atomic mass is 10.1. The Labute approximate surface area is 135 Å². The van der Waals surface area contributed by atoms with Crippen LogP contribution in [0.2, 0.25) is 0 Å². The molecule has 0 saturated heterocycles. The Hall–Kier alpha value is -1.18. The summed E-state index contributed by atoms with van der Waals surface area (Å²) in [5.74, 6) is 3.60. The number of benzene rings is 1. The van der Waals surface area contributed by atoms with Crippen LogP contribution in [0.1, 0.15) is 62.5 Å². The zero-order valence-corrected chi connectivity index (χ0v) is 14.2. The molecule has 22 heavy (non-hydrogen) atoms. The average Bonchev–Trinajstić information content (AvgIpc) is 3.20. The maximum Gasteiger partial charge on any atom is 0.122 e. The van der Waals surface area contributed by atoms with E-state index in [1.54, 1.807) is 0 Å². The minimum absolute atomic E-state index is 0.762. The molecule has 0 aliphatic heterocycles. The van der Waals surface area contributed by atoms with Crippen molar-refractivity contribution in [2.24, 2.45) is 11.8 Å². The lowest BCUT2D eigenvalue weighted by molar-refractivity contribution is 0.243. The van der Waals surface area contributed by atoms with E-state index in [0.29, 0.717) is 0 Å². The first-order valence-corrected chi connectivity index (χ1v) is 9.10. The van der Waals surface area contributed by atoms with Crippen LogP contribution in [0.4, 0.5) is 0 Å². The molecule has 1 aromatic carbocycles. The maximum atomic E-state index is 6.08. The van der Waals surface area contributed by atoms with Gasteiger partial charge in [-0.1, -0.05) is 25.7 Å². The Morgan fingerprint density at radius 1 is 0.727 bits per heavy atom. The van der Waals surface area contributed by atoms with Gasteiger partial charge in [-0.05, 0) is 74.6 Å². The van der Waals surface area contributed by atoms with Crippen molar-refractivity contribution in [2.75, 3.05) is 13.2 Å². The predicted octanol–water partition coefficient (Wildman–Crippen LogP) is 5.44. The van der Waals surface area contributed by atoms with Crippen molar-refractivity contribution in [2.45, 2.75) is 65.2 Å². The fourth-order valence-electron chi connectivity index (χ4n) is 3.85. The molecule has 2 saturated carbocycles. The van der Waals surface area contributed by atoms with Gasteiger partial charge in [-0.25, -0.2) is 0 Å². The van der Waals surface area contributed by atoms with E-state index < -0.39 is 0 Å². The Morgan fingerprint density at radius 3 is 1.45 bits per heavy atom. The number of rotatable bonds is 6. The molecule has 3 rings (SSSR count). The van der Waals surface area contributed by atoms with Crippen molar-refractivity contribution >= 4 is 0 Å². The van der Waals surface area contributed by atoms with Crippen molar-refractivity contribution in [1.29, 1.82) is 0 Å². The Kier molecular flexibility index (Phi) is 5.28. The molecule has 0 atom stereocenters. The third-order valence-corrected chi connectivity index (χ3v) is 5.59. The van der Waals surface area contributed by atoms with Crippen molar-refractivity contribution < 1.29 is 9.47 Å². The number of hydrogen-bond acceptors (Lipinski definition) is 2. The molecule has 0 aromatic heterocycles. The van der Waals surface area contributed by atoms with E-state index in [9.17, 15) is 0 Å². The van der Waals surface area contributed by atoms with Gasteiger partial charge >= 0.3 is 0 Å². The summed E-state index contributed by atoms with van der Waals surface area (Å²) in [4.78, 5) is 0. The van der Waals surface area contributed by atoms with Gasteiger partial charge in [-0.2, -0.15) is 0 Å². The van der Waals surface area contributed by atoms with Crippen LogP contribution in [0.3, 0.4) is 0 Å². The second kappa shape index (κ2) is 7.39. The first-order chi connectivity index (χ1) is 10.7. The average molecular weight is 302 g/mol. The molecule has 1 aromatic rings. The summed E-state index contributed by atoms with van der Waals surface area (Å²) >= 11 is 0. The van der Waals surface area contributed by atoms with Crippen LogP contribution in [0.15, 0.2) is 12.1 Å². The van der Waals surface area contributed by atoms with Gasteiger partial charge in [0.2, 0.25) is 0 Å². The lowest BCUT2D eigenvalue weighted by Gasteiger charge is -2.18. The monoisotopic (exact) mass is 302 g/mol. The Morgan fingerprint density at radius 2 is 1.09 bits per heavy atom. The summed E-state index contributed by atoms with van der Waals surface area (Å²) in [6.07, 6.45) is 10.8. The molecule has 0 unspecified atom stereocenters. The van der Waals surface area contributed by atoms with Gasteiger partial charge < -0.3 is 9.47 Å². The Bertz CT molecular complexity index is 438. The van der Waals surface area contributed by atoms with Crippen LogP contribution in [-0.4, -0.2) is 13.2 Å². The molecule has 2 heteroatoms. The van der Waals surface area contributed by atoms with E-state index in [4.69, 9.17) is 9.47 Å². The summed E-state index contributed by atoms with van der Waals surface area (Å²) in [6.45, 7) is 6.06. The maximum absolute atomic E-state index is 6.08. The van der Waals surface area contributed by atoms with Gasteiger partial charge in [0.05, 0.1) is 13.2 Å². The summed E-state index contributed by atoms with van der Waals surface area (Å²) < 4.78 is 12.2. The smallest absolute Gasteiger partial charge is 0.122 e. The van der Waals surface area contributed by atoms with Crippen LogP contribution < -0.4 is 9.47 Å². The molecule has 2 nitrogen and oxygen atoms in total. The van der Waals surface area contributed by atoms with Gasteiger partial charge in [-0.15, -0.1) is 0 Å². The van der Waals surface area contributed by atoms with Gasteiger partial charge in [0.25, 0.3) is 0 Å². The molecule has 0 spiro atoms. The summed E-state index contributed by atoms with van der Waals surface area (Å²) in [5.41, 5.74) is 2.48. The van der Waals surface area contributed by atoms with Crippen molar-refractivity contribution in [3.05, 3.63) is 23.3 Å². The summed E-state index contributed by atoms with van der Waals surface area (Å²) in [6, 6.07) is 4.20. The van der Waals surface area contributed by atoms with Crippen LogP contribution in [0.5, 0.6) is 11.5 Å². The van der Waals surface area contributed by atoms with E-state index in [0.717, 1.165) is 36.5 Å². The molecule has 0 radical (unpaired) electrons. The fraction of sp³-hybridized carbons (Fsp3) is 0.700. The second-order valence-electron chi connectivity index (χ2n) is 7.23. The van der Waals surface area contributed by atoms with E-state index in [1.807, 2.05) is 0 Å². The molecule has 2 aliphatic carbocycles. The quantitative estimate of drug-likeness (QED) is 0.696. The highest BCUT2D eigenvalue weighted by molar-refractivity contribution is 5.47. The molecule has 0 N–H and O–H groups in total. The van der Waals surface area contributed by atoms with Gasteiger partial charge in [-0.3, -0.25) is 0 Å². The van der Waals surface area contributed by atoms with E-state index in [2.05, 4.69) is 26.0 Å². The molecule has 0 amide bonds. The summed E-state index contributed by atoms with van der Waals surface area (Å²) in [5, 5.41) is 0. The Balaban J connectivity index is 1.57. The van der Waals surface area contributed by atoms with E-state index >= 15 is 0 Å². The lowest BCUT2D eigenvalue weighted by Crippen LogP contribution is -2.11. The van der Waals surface area contributed by atoms with E-state index in [-0.39, 0.29) is 0 Å². The van der Waals surface area contributed by atoms with Gasteiger partial charge in [0.15, 0.2) is 0 Å². The SMILES string of the molecule is Cc1c(OCC2CCCC2)ccc(OCC2CCCC2)c1C. The minimum atomic E-state index is 0.762. The first kappa shape index (κ1) is 15.7. The van der Waals surface area contributed by atoms with Crippen molar-refractivity contribution in [3.63, 3.8) is 0 Å². The van der Waals surface area contributed by atoms with Crippen LogP contribution in [-0.2, 0) is 0 Å². The normalized spacial score (nSPS) is 19.7. The predicted molar refractivity (Wildman–Crippen MR) is 90.8 cm³/mol. The molecule has 122 valence electrons. The fourth-order valence-corrected chi connectivity index (χ4v) is 3.85. The van der Waals surface area contributed by atoms with Crippen molar-refractivity contribution in [3.8, 4) is 11.5 Å². The minimum Gasteiger partial charge on any atom is -0.493 e. The topological polar surface area (TPSA) is 18.5 Å². The molecule has 0 heterocycles. The second-order valence-corrected chi connectivity index (χ2v) is 7.23. The highest BCUT2D eigenvalue weighted by atomic mass is 16.5. The highest BCUT2D eigenvalue weighted by Gasteiger charge is 2.18. The number of ether oxygens (including phenoxy) is 2. The largest absolute Gasteiger partial charge is 0.493 e. The summed E-state index contributed by atoms with van der Waals surface area (Å²) in [7, 11) is 0. The molecular weight excluding hydrogens is 272 g/mol. The molecule has 2 aliphatic rings. The standard InChI is InChI=1S/C20H30O2/c1-15-16(2)20(22-14-18-9-5-6-10-18)12-11-19(15)21-13-17-7-3-4-8-17/h11-12,17-18H,3-10,13-14H2,1-2H3. The molecular formula is C20H30O2. The highest BCUT2D eigenvalue weighted by Crippen LogP contribution is 2.32. The van der Waals surface area contributed by atoms with Gasteiger partial charge in [0.1, 0.15) is 11.5 Å².